The Morgan fingerprint density at radius 1 is 1.04 bits per heavy atom. The Morgan fingerprint density at radius 2 is 1.85 bits per heavy atom. The lowest BCUT2D eigenvalue weighted by Crippen LogP contribution is -1.97. The van der Waals surface area contributed by atoms with Gasteiger partial charge in [-0.25, -0.2) is 4.98 Å². The van der Waals surface area contributed by atoms with Crippen molar-refractivity contribution in [1.29, 1.82) is 0 Å². The number of benzene rings is 2. The van der Waals surface area contributed by atoms with Gasteiger partial charge in [0.05, 0.1) is 5.52 Å². The van der Waals surface area contributed by atoms with Gasteiger partial charge in [-0.2, -0.15) is 0 Å². The third-order valence-corrected chi connectivity index (χ3v) is 5.48. The van der Waals surface area contributed by atoms with E-state index < -0.39 is 0 Å². The van der Waals surface area contributed by atoms with Crippen LogP contribution in [0.2, 0.25) is 0 Å². The van der Waals surface area contributed by atoms with Crippen molar-refractivity contribution in [3.05, 3.63) is 53.6 Å². The van der Waals surface area contributed by atoms with Gasteiger partial charge in [0.25, 0.3) is 0 Å². The minimum atomic E-state index is 0.564. The van der Waals surface area contributed by atoms with E-state index in [1.165, 1.54) is 16.0 Å². The lowest BCUT2D eigenvalue weighted by atomic mass is 10.1. The van der Waals surface area contributed by atoms with Crippen LogP contribution in [0.15, 0.2) is 47.4 Å². The number of pyridine rings is 1. The summed E-state index contributed by atoms with van der Waals surface area (Å²) in [5.74, 6) is 1.49. The van der Waals surface area contributed by atoms with E-state index in [9.17, 15) is 0 Å². The highest BCUT2D eigenvalue weighted by Crippen LogP contribution is 2.34. The molecule has 1 N–H and O–H groups in total. The van der Waals surface area contributed by atoms with E-state index in [-0.39, 0.29) is 0 Å². The minimum absolute atomic E-state index is 0.564. The number of thioether (sulfide) groups is 1. The molecule has 0 saturated heterocycles. The molecule has 4 heteroatoms. The Bertz CT molecular complexity index is 921. The first-order valence-electron chi connectivity index (χ1n) is 9.07. The van der Waals surface area contributed by atoms with Crippen LogP contribution in [-0.2, 0) is 0 Å². The van der Waals surface area contributed by atoms with E-state index in [2.05, 4.69) is 69.2 Å². The van der Waals surface area contributed by atoms with Gasteiger partial charge < -0.3 is 10.1 Å². The second-order valence-corrected chi connectivity index (χ2v) is 8.29. The summed E-state index contributed by atoms with van der Waals surface area (Å²) < 4.78 is 6.10. The molecule has 0 aliphatic heterocycles. The van der Waals surface area contributed by atoms with E-state index in [4.69, 9.17) is 4.74 Å². The third kappa shape index (κ3) is 4.13. The van der Waals surface area contributed by atoms with Gasteiger partial charge in [-0.1, -0.05) is 13.8 Å². The number of nitrogens with zero attached hydrogens (tertiary/aromatic N) is 1. The average molecular weight is 367 g/mol. The molecule has 0 spiro atoms. The smallest absolute Gasteiger partial charge is 0.219 e. The van der Waals surface area contributed by atoms with Crippen molar-refractivity contribution in [3.8, 4) is 11.6 Å². The predicted octanol–water partition coefficient (Wildman–Crippen LogP) is 6.58. The van der Waals surface area contributed by atoms with E-state index >= 15 is 0 Å². The molecule has 0 amide bonds. The summed E-state index contributed by atoms with van der Waals surface area (Å²) in [4.78, 5) is 5.97. The van der Waals surface area contributed by atoms with Gasteiger partial charge in [-0.05, 0) is 68.3 Å². The molecule has 136 valence electrons. The van der Waals surface area contributed by atoms with Crippen LogP contribution in [0.25, 0.3) is 10.9 Å². The highest BCUT2D eigenvalue weighted by Gasteiger charge is 2.11. The largest absolute Gasteiger partial charge is 0.439 e. The van der Waals surface area contributed by atoms with Crippen LogP contribution in [0.1, 0.15) is 31.9 Å². The summed E-state index contributed by atoms with van der Waals surface area (Å²) in [5, 5.41) is 4.99. The number of hydrogen-bond acceptors (Lipinski definition) is 4. The standard InChI is InChI=1S/C22H26N2OS/c1-6-23-18-8-9-19-17(13-18)7-12-22(24-19)25-20-10-11-21(26-14(2)3)16(5)15(20)4/h7-14,23H,6H2,1-5H3. The number of hydrogen-bond donors (Lipinski definition) is 1. The third-order valence-electron chi connectivity index (χ3n) is 4.31. The van der Waals surface area contributed by atoms with Crippen LogP contribution >= 0.6 is 11.8 Å². The highest BCUT2D eigenvalue weighted by molar-refractivity contribution is 8.00. The van der Waals surface area contributed by atoms with Crippen molar-refractivity contribution >= 4 is 28.4 Å². The first kappa shape index (κ1) is 18.6. The molecule has 1 heterocycles. The molecular formula is C22H26N2OS. The molecule has 0 bridgehead atoms. The molecule has 3 aromatic rings. The Balaban J connectivity index is 1.86. The molecule has 1 aromatic heterocycles. The van der Waals surface area contributed by atoms with E-state index in [1.807, 2.05) is 30.0 Å². The Morgan fingerprint density at radius 3 is 2.58 bits per heavy atom. The topological polar surface area (TPSA) is 34.2 Å². The van der Waals surface area contributed by atoms with E-state index in [1.54, 1.807) is 0 Å². The quantitative estimate of drug-likeness (QED) is 0.500. The normalized spacial score (nSPS) is 11.2. The molecule has 0 aliphatic carbocycles. The maximum atomic E-state index is 6.10. The molecule has 0 fully saturated rings. The fraction of sp³-hybridized carbons (Fsp3) is 0.318. The molecule has 0 aliphatic rings. The fourth-order valence-electron chi connectivity index (χ4n) is 2.85. The van der Waals surface area contributed by atoms with Crippen LogP contribution in [0.4, 0.5) is 5.69 Å². The summed E-state index contributed by atoms with van der Waals surface area (Å²) >= 11 is 1.88. The number of aromatic nitrogens is 1. The highest BCUT2D eigenvalue weighted by atomic mass is 32.2. The second kappa shape index (κ2) is 8.00. The molecule has 0 radical (unpaired) electrons. The zero-order valence-electron chi connectivity index (χ0n) is 16.1. The van der Waals surface area contributed by atoms with Crippen LogP contribution in [0.5, 0.6) is 11.6 Å². The summed E-state index contributed by atoms with van der Waals surface area (Å²) in [6, 6.07) is 14.4. The van der Waals surface area contributed by atoms with Crippen molar-refractivity contribution < 1.29 is 4.74 Å². The molecule has 3 nitrogen and oxygen atoms in total. The predicted molar refractivity (Wildman–Crippen MR) is 113 cm³/mol. The van der Waals surface area contributed by atoms with Crippen LogP contribution in [0, 0.1) is 13.8 Å². The van der Waals surface area contributed by atoms with Crippen LogP contribution in [0.3, 0.4) is 0 Å². The Hall–Kier alpha value is -2.20. The minimum Gasteiger partial charge on any atom is -0.439 e. The van der Waals surface area contributed by atoms with Gasteiger partial charge in [0.15, 0.2) is 0 Å². The van der Waals surface area contributed by atoms with Gasteiger partial charge in [0, 0.05) is 33.8 Å². The first-order chi connectivity index (χ1) is 12.5. The molecule has 2 aromatic carbocycles. The van der Waals surface area contributed by atoms with Gasteiger partial charge in [-0.15, -0.1) is 11.8 Å². The lowest BCUT2D eigenvalue weighted by molar-refractivity contribution is 0.460. The lowest BCUT2D eigenvalue weighted by Gasteiger charge is -2.15. The Labute approximate surface area is 160 Å². The first-order valence-corrected chi connectivity index (χ1v) is 9.95. The maximum Gasteiger partial charge on any atom is 0.219 e. The van der Waals surface area contributed by atoms with E-state index in [0.717, 1.165) is 28.9 Å². The molecular weight excluding hydrogens is 340 g/mol. The summed E-state index contributed by atoms with van der Waals surface area (Å²) in [6.45, 7) is 11.7. The van der Waals surface area contributed by atoms with Gasteiger partial charge >= 0.3 is 0 Å². The van der Waals surface area contributed by atoms with Gasteiger partial charge in [-0.3, -0.25) is 0 Å². The second-order valence-electron chi connectivity index (χ2n) is 6.67. The van der Waals surface area contributed by atoms with E-state index in [0.29, 0.717) is 11.1 Å². The van der Waals surface area contributed by atoms with Crippen molar-refractivity contribution in [2.24, 2.45) is 0 Å². The van der Waals surface area contributed by atoms with Crippen molar-refractivity contribution in [2.75, 3.05) is 11.9 Å². The van der Waals surface area contributed by atoms with Crippen molar-refractivity contribution in [3.63, 3.8) is 0 Å². The zero-order chi connectivity index (χ0) is 18.7. The molecule has 26 heavy (non-hydrogen) atoms. The molecule has 0 saturated carbocycles. The Kier molecular flexibility index (Phi) is 5.72. The summed E-state index contributed by atoms with van der Waals surface area (Å²) in [6.07, 6.45) is 0. The molecule has 0 atom stereocenters. The maximum absolute atomic E-state index is 6.10. The zero-order valence-corrected chi connectivity index (χ0v) is 16.9. The number of ether oxygens (including phenoxy) is 1. The fourth-order valence-corrected chi connectivity index (χ4v) is 3.84. The van der Waals surface area contributed by atoms with Crippen molar-refractivity contribution in [2.45, 2.75) is 44.8 Å². The number of rotatable bonds is 6. The average Bonchev–Trinajstić information content (AvgIpc) is 2.61. The molecule has 3 rings (SSSR count). The monoisotopic (exact) mass is 366 g/mol. The van der Waals surface area contributed by atoms with Gasteiger partial charge in [0.1, 0.15) is 5.75 Å². The molecule has 0 unspecified atom stereocenters. The van der Waals surface area contributed by atoms with Crippen LogP contribution in [-0.4, -0.2) is 16.8 Å². The van der Waals surface area contributed by atoms with Gasteiger partial charge in [0.2, 0.25) is 5.88 Å². The summed E-state index contributed by atoms with van der Waals surface area (Å²) in [5.41, 5.74) is 4.49. The number of fused-ring (bicyclic) bond motifs is 1. The SMILES string of the molecule is CCNc1ccc2nc(Oc3ccc(SC(C)C)c(C)c3C)ccc2c1. The van der Waals surface area contributed by atoms with Crippen molar-refractivity contribution in [1.82, 2.24) is 4.98 Å². The number of anilines is 1. The number of nitrogens with one attached hydrogen (secondary N) is 1. The van der Waals surface area contributed by atoms with Crippen LogP contribution < -0.4 is 10.1 Å². The summed E-state index contributed by atoms with van der Waals surface area (Å²) in [7, 11) is 0.